The average Bonchev–Trinajstić information content (AvgIpc) is 2.37. The standard InChI is InChI=1S/C16H25F2N/c1-3-4-5-6-7-8-13(2)19-12-14-9-10-15(17)11-16(14)18/h9-11,13,19H,3-8,12H2,1-2H3. The van der Waals surface area contributed by atoms with Crippen LogP contribution in [0.4, 0.5) is 8.78 Å². The van der Waals surface area contributed by atoms with E-state index in [1.807, 2.05) is 0 Å². The topological polar surface area (TPSA) is 12.0 Å². The van der Waals surface area contributed by atoms with Gasteiger partial charge in [-0.2, -0.15) is 0 Å². The Labute approximate surface area is 115 Å². The first-order valence-electron chi connectivity index (χ1n) is 7.30. The summed E-state index contributed by atoms with van der Waals surface area (Å²) in [5.41, 5.74) is 0.527. The predicted octanol–water partition coefficient (Wildman–Crippen LogP) is 4.80. The molecule has 1 atom stereocenters. The second kappa shape index (κ2) is 9.03. The van der Waals surface area contributed by atoms with Crippen LogP contribution in [0.25, 0.3) is 0 Å². The van der Waals surface area contributed by atoms with E-state index in [2.05, 4.69) is 19.2 Å². The molecule has 0 saturated carbocycles. The van der Waals surface area contributed by atoms with Crippen LogP contribution in [0.5, 0.6) is 0 Å². The fraction of sp³-hybridized carbons (Fsp3) is 0.625. The lowest BCUT2D eigenvalue weighted by atomic mass is 10.1. The van der Waals surface area contributed by atoms with Crippen molar-refractivity contribution in [3.8, 4) is 0 Å². The molecule has 0 saturated heterocycles. The monoisotopic (exact) mass is 269 g/mol. The molecule has 0 heterocycles. The summed E-state index contributed by atoms with van der Waals surface area (Å²) in [7, 11) is 0. The third kappa shape index (κ3) is 6.67. The molecule has 1 N–H and O–H groups in total. The van der Waals surface area contributed by atoms with Crippen molar-refractivity contribution in [2.24, 2.45) is 0 Å². The molecular weight excluding hydrogens is 244 g/mol. The molecule has 1 aromatic rings. The lowest BCUT2D eigenvalue weighted by molar-refractivity contribution is 0.471. The maximum Gasteiger partial charge on any atom is 0.130 e. The zero-order chi connectivity index (χ0) is 14.1. The Morgan fingerprint density at radius 3 is 2.53 bits per heavy atom. The summed E-state index contributed by atoms with van der Waals surface area (Å²) < 4.78 is 26.2. The van der Waals surface area contributed by atoms with E-state index in [4.69, 9.17) is 0 Å². The Balaban J connectivity index is 2.20. The van der Waals surface area contributed by atoms with Crippen LogP contribution in [0.1, 0.15) is 57.9 Å². The van der Waals surface area contributed by atoms with Crippen molar-refractivity contribution in [1.29, 1.82) is 0 Å². The van der Waals surface area contributed by atoms with Gasteiger partial charge in [0.05, 0.1) is 0 Å². The Hall–Kier alpha value is -0.960. The highest BCUT2D eigenvalue weighted by Gasteiger charge is 2.06. The van der Waals surface area contributed by atoms with Crippen molar-refractivity contribution in [3.05, 3.63) is 35.4 Å². The fourth-order valence-corrected chi connectivity index (χ4v) is 2.11. The lowest BCUT2D eigenvalue weighted by Gasteiger charge is -2.14. The number of unbranched alkanes of at least 4 members (excludes halogenated alkanes) is 4. The van der Waals surface area contributed by atoms with Crippen LogP contribution in [0.15, 0.2) is 18.2 Å². The van der Waals surface area contributed by atoms with Gasteiger partial charge in [-0.15, -0.1) is 0 Å². The number of hydrogen-bond donors (Lipinski definition) is 1. The van der Waals surface area contributed by atoms with E-state index in [0.29, 0.717) is 18.2 Å². The Bertz CT molecular complexity index is 366. The molecule has 0 aliphatic rings. The number of benzene rings is 1. The molecule has 0 aliphatic heterocycles. The number of hydrogen-bond acceptors (Lipinski definition) is 1. The highest BCUT2D eigenvalue weighted by molar-refractivity contribution is 5.18. The van der Waals surface area contributed by atoms with Gasteiger partial charge in [0.1, 0.15) is 11.6 Å². The van der Waals surface area contributed by atoms with Gasteiger partial charge in [-0.05, 0) is 19.4 Å². The minimum Gasteiger partial charge on any atom is -0.310 e. The van der Waals surface area contributed by atoms with Crippen LogP contribution in [0.2, 0.25) is 0 Å². The Morgan fingerprint density at radius 1 is 1.11 bits per heavy atom. The molecule has 0 amide bonds. The summed E-state index contributed by atoms with van der Waals surface area (Å²) in [5, 5.41) is 3.29. The quantitative estimate of drug-likeness (QED) is 0.635. The van der Waals surface area contributed by atoms with E-state index >= 15 is 0 Å². The summed E-state index contributed by atoms with van der Waals surface area (Å²) in [6.45, 7) is 4.78. The van der Waals surface area contributed by atoms with E-state index in [1.165, 1.54) is 44.2 Å². The lowest BCUT2D eigenvalue weighted by Crippen LogP contribution is -2.25. The van der Waals surface area contributed by atoms with E-state index in [-0.39, 0.29) is 0 Å². The van der Waals surface area contributed by atoms with Crippen molar-refractivity contribution in [2.75, 3.05) is 0 Å². The van der Waals surface area contributed by atoms with Gasteiger partial charge >= 0.3 is 0 Å². The molecule has 0 spiro atoms. The van der Waals surface area contributed by atoms with Crippen molar-refractivity contribution < 1.29 is 8.78 Å². The largest absolute Gasteiger partial charge is 0.310 e. The molecule has 0 aliphatic carbocycles. The predicted molar refractivity (Wildman–Crippen MR) is 76.0 cm³/mol. The number of rotatable bonds is 9. The third-order valence-electron chi connectivity index (χ3n) is 3.40. The molecular formula is C16H25F2N. The smallest absolute Gasteiger partial charge is 0.130 e. The minimum atomic E-state index is -0.523. The van der Waals surface area contributed by atoms with Crippen molar-refractivity contribution in [3.63, 3.8) is 0 Å². The number of halogens is 2. The van der Waals surface area contributed by atoms with Gasteiger partial charge in [-0.1, -0.05) is 45.1 Å². The van der Waals surface area contributed by atoms with Gasteiger partial charge in [0, 0.05) is 24.2 Å². The summed E-state index contributed by atoms with van der Waals surface area (Å²) >= 11 is 0. The summed E-state index contributed by atoms with van der Waals surface area (Å²) in [6.07, 6.45) is 7.45. The molecule has 0 aromatic heterocycles. The molecule has 1 unspecified atom stereocenters. The molecule has 19 heavy (non-hydrogen) atoms. The first-order valence-corrected chi connectivity index (χ1v) is 7.30. The maximum atomic E-state index is 13.4. The Morgan fingerprint density at radius 2 is 1.84 bits per heavy atom. The zero-order valence-corrected chi connectivity index (χ0v) is 12.0. The van der Waals surface area contributed by atoms with Crippen molar-refractivity contribution in [1.82, 2.24) is 5.32 Å². The third-order valence-corrected chi connectivity index (χ3v) is 3.40. The van der Waals surface area contributed by atoms with Gasteiger partial charge in [0.15, 0.2) is 0 Å². The van der Waals surface area contributed by atoms with Gasteiger partial charge in [0.2, 0.25) is 0 Å². The van der Waals surface area contributed by atoms with E-state index in [0.717, 1.165) is 12.5 Å². The minimum absolute atomic E-state index is 0.367. The molecule has 0 radical (unpaired) electrons. The second-order valence-electron chi connectivity index (χ2n) is 5.22. The molecule has 1 rings (SSSR count). The summed E-state index contributed by atoms with van der Waals surface area (Å²) in [5.74, 6) is -0.993. The summed E-state index contributed by atoms with van der Waals surface area (Å²) in [4.78, 5) is 0. The normalized spacial score (nSPS) is 12.6. The van der Waals surface area contributed by atoms with Crippen LogP contribution >= 0.6 is 0 Å². The Kier molecular flexibility index (Phi) is 7.65. The van der Waals surface area contributed by atoms with E-state index in [9.17, 15) is 8.78 Å². The van der Waals surface area contributed by atoms with Crippen LogP contribution in [0, 0.1) is 11.6 Å². The molecule has 1 nitrogen and oxygen atoms in total. The highest BCUT2D eigenvalue weighted by Crippen LogP contribution is 2.11. The van der Waals surface area contributed by atoms with Crippen LogP contribution < -0.4 is 5.32 Å². The summed E-state index contributed by atoms with van der Waals surface area (Å²) in [6, 6.07) is 4.11. The van der Waals surface area contributed by atoms with Gasteiger partial charge < -0.3 is 5.32 Å². The van der Waals surface area contributed by atoms with Crippen LogP contribution in [0.3, 0.4) is 0 Å². The van der Waals surface area contributed by atoms with Gasteiger partial charge in [-0.3, -0.25) is 0 Å². The van der Waals surface area contributed by atoms with Crippen LogP contribution in [-0.4, -0.2) is 6.04 Å². The molecule has 108 valence electrons. The molecule has 0 fully saturated rings. The van der Waals surface area contributed by atoms with E-state index in [1.54, 1.807) is 0 Å². The highest BCUT2D eigenvalue weighted by atomic mass is 19.1. The maximum absolute atomic E-state index is 13.4. The zero-order valence-electron chi connectivity index (χ0n) is 12.0. The average molecular weight is 269 g/mol. The number of nitrogens with one attached hydrogen (secondary N) is 1. The van der Waals surface area contributed by atoms with E-state index < -0.39 is 11.6 Å². The molecule has 1 aromatic carbocycles. The molecule has 0 bridgehead atoms. The first kappa shape index (κ1) is 16.1. The van der Waals surface area contributed by atoms with Gasteiger partial charge in [-0.25, -0.2) is 8.78 Å². The SMILES string of the molecule is CCCCCCCC(C)NCc1ccc(F)cc1F. The van der Waals surface area contributed by atoms with Gasteiger partial charge in [0.25, 0.3) is 0 Å². The fourth-order valence-electron chi connectivity index (χ4n) is 2.11. The molecule has 3 heteroatoms. The van der Waals surface area contributed by atoms with Crippen molar-refractivity contribution in [2.45, 2.75) is 65.0 Å². The van der Waals surface area contributed by atoms with Crippen LogP contribution in [-0.2, 0) is 6.54 Å². The second-order valence-corrected chi connectivity index (χ2v) is 5.22. The first-order chi connectivity index (χ1) is 9.13. The van der Waals surface area contributed by atoms with Crippen molar-refractivity contribution >= 4 is 0 Å².